The van der Waals surface area contributed by atoms with Gasteiger partial charge in [0.15, 0.2) is 16.9 Å². The fourth-order valence-corrected chi connectivity index (χ4v) is 7.44. The van der Waals surface area contributed by atoms with E-state index < -0.39 is 35.3 Å². The Morgan fingerprint density at radius 2 is 1.91 bits per heavy atom. The lowest BCUT2D eigenvalue weighted by Crippen LogP contribution is -2.71. The average molecular weight is 673 g/mol. The van der Waals surface area contributed by atoms with Crippen molar-refractivity contribution in [1.29, 1.82) is 5.26 Å². The number of nitriles is 1. The molecule has 3 aromatic rings. The van der Waals surface area contributed by atoms with Gasteiger partial charge in [-0.25, -0.2) is 9.78 Å². The van der Waals surface area contributed by atoms with E-state index in [9.17, 15) is 14.4 Å². The molecule has 1 unspecified atom stereocenters. The van der Waals surface area contributed by atoms with Crippen molar-refractivity contribution in [2.24, 2.45) is 5.16 Å². The van der Waals surface area contributed by atoms with E-state index in [4.69, 9.17) is 20.6 Å². The van der Waals surface area contributed by atoms with Crippen molar-refractivity contribution in [3.8, 4) is 6.07 Å². The van der Waals surface area contributed by atoms with E-state index in [2.05, 4.69) is 22.0 Å². The lowest BCUT2D eigenvalue weighted by molar-refractivity contribution is -0.154. The van der Waals surface area contributed by atoms with E-state index in [1.165, 1.54) is 40.6 Å². The molecule has 2 atom stereocenters. The van der Waals surface area contributed by atoms with Crippen LogP contribution in [0.25, 0.3) is 0 Å². The zero-order valence-electron chi connectivity index (χ0n) is 24.3. The van der Waals surface area contributed by atoms with Crippen molar-refractivity contribution in [3.63, 3.8) is 0 Å². The van der Waals surface area contributed by atoms with Gasteiger partial charge in [-0.1, -0.05) is 78.5 Å². The lowest BCUT2D eigenvalue weighted by Gasteiger charge is -2.49. The Kier molecular flexibility index (Phi) is 10.9. The number of nitrogens with two attached hydrogens (primary N) is 1. The minimum Gasteiger partial charge on any atom is -0.448 e. The van der Waals surface area contributed by atoms with Gasteiger partial charge < -0.3 is 20.6 Å². The highest BCUT2D eigenvalue weighted by molar-refractivity contribution is 8.02. The SMILES string of the molecule is C=CCON=C(C(=O)NC1C(=O)N2C(C(=O)OC(c3ccccc3)c3ccccc3)=C(CS/C=C\C#N)CS[C@H]12)c1csc(N)n1. The maximum absolute atomic E-state index is 14.0. The van der Waals surface area contributed by atoms with Gasteiger partial charge in [0.05, 0.1) is 6.07 Å². The van der Waals surface area contributed by atoms with Crippen LogP contribution in [-0.2, 0) is 24.0 Å². The van der Waals surface area contributed by atoms with Gasteiger partial charge in [0.25, 0.3) is 11.8 Å². The van der Waals surface area contributed by atoms with Gasteiger partial charge in [-0.05, 0) is 22.1 Å². The Hall–Kier alpha value is -4.84. The fraction of sp³-hybridized carbons (Fsp3) is 0.188. The summed E-state index contributed by atoms with van der Waals surface area (Å²) in [6.07, 6.45) is 2.09. The van der Waals surface area contributed by atoms with Gasteiger partial charge in [-0.3, -0.25) is 14.5 Å². The number of hydrogen-bond donors (Lipinski definition) is 2. The number of fused-ring (bicyclic) bond motifs is 1. The third-order valence-corrected chi connectivity index (χ3v) is 9.64. The molecule has 1 saturated heterocycles. The number of oxime groups is 1. The number of anilines is 1. The van der Waals surface area contributed by atoms with Crippen LogP contribution in [0, 0.1) is 11.3 Å². The zero-order valence-corrected chi connectivity index (χ0v) is 26.7. The molecular formula is C32H28N6O5S3. The van der Waals surface area contributed by atoms with Gasteiger partial charge in [0.1, 0.15) is 29.4 Å². The summed E-state index contributed by atoms with van der Waals surface area (Å²) < 4.78 is 6.16. The molecule has 5 rings (SSSR count). The first-order valence-electron chi connectivity index (χ1n) is 13.9. The smallest absolute Gasteiger partial charge is 0.356 e. The van der Waals surface area contributed by atoms with E-state index in [-0.39, 0.29) is 28.8 Å². The van der Waals surface area contributed by atoms with E-state index in [1.54, 1.807) is 10.8 Å². The summed E-state index contributed by atoms with van der Waals surface area (Å²) in [4.78, 5) is 51.8. The van der Waals surface area contributed by atoms with Crippen molar-refractivity contribution < 1.29 is 24.0 Å². The van der Waals surface area contributed by atoms with Crippen LogP contribution in [0.3, 0.4) is 0 Å². The summed E-state index contributed by atoms with van der Waals surface area (Å²) >= 11 is 3.87. The summed E-state index contributed by atoms with van der Waals surface area (Å²) in [5, 5.41) is 18.4. The molecule has 2 amide bonds. The van der Waals surface area contributed by atoms with Crippen LogP contribution in [0.5, 0.6) is 0 Å². The number of ether oxygens (including phenoxy) is 1. The maximum Gasteiger partial charge on any atom is 0.356 e. The third kappa shape index (κ3) is 7.34. The second-order valence-corrected chi connectivity index (χ2v) is 12.6. The molecule has 2 aromatic carbocycles. The molecule has 0 radical (unpaired) electrons. The Morgan fingerprint density at radius 3 is 2.52 bits per heavy atom. The largest absolute Gasteiger partial charge is 0.448 e. The molecule has 11 nitrogen and oxygen atoms in total. The molecule has 234 valence electrons. The quantitative estimate of drug-likeness (QED) is 0.0507. The highest BCUT2D eigenvalue weighted by Crippen LogP contribution is 2.42. The molecule has 0 aliphatic carbocycles. The van der Waals surface area contributed by atoms with Crippen LogP contribution < -0.4 is 11.1 Å². The number of hydrogen-bond acceptors (Lipinski definition) is 12. The number of carbonyl (C=O) groups is 3. The normalized spacial score (nSPS) is 17.7. The van der Waals surface area contributed by atoms with Crippen molar-refractivity contribution >= 4 is 63.5 Å². The van der Waals surface area contributed by atoms with Crippen molar-refractivity contribution in [2.75, 3.05) is 23.8 Å². The summed E-state index contributed by atoms with van der Waals surface area (Å²) in [5.41, 5.74) is 8.16. The molecule has 3 N–H and O–H groups in total. The van der Waals surface area contributed by atoms with Gasteiger partial charge in [0, 0.05) is 23.0 Å². The van der Waals surface area contributed by atoms with Crippen molar-refractivity contribution in [3.05, 3.63) is 118 Å². The molecule has 14 heteroatoms. The molecule has 1 fully saturated rings. The summed E-state index contributed by atoms with van der Waals surface area (Å²) in [5.74, 6) is -1.08. The van der Waals surface area contributed by atoms with Crippen LogP contribution in [0.4, 0.5) is 5.13 Å². The number of nitrogen functional groups attached to an aromatic ring is 1. The number of rotatable bonds is 13. The Morgan fingerprint density at radius 1 is 1.22 bits per heavy atom. The summed E-state index contributed by atoms with van der Waals surface area (Å²) in [6.45, 7) is 3.62. The number of thiazole rings is 1. The van der Waals surface area contributed by atoms with E-state index in [0.717, 1.165) is 22.5 Å². The van der Waals surface area contributed by atoms with Gasteiger partial charge in [-0.15, -0.1) is 34.9 Å². The molecular weight excluding hydrogens is 645 g/mol. The van der Waals surface area contributed by atoms with E-state index in [1.807, 2.05) is 66.7 Å². The summed E-state index contributed by atoms with van der Waals surface area (Å²) in [7, 11) is 0. The third-order valence-electron chi connectivity index (χ3n) is 6.78. The molecule has 46 heavy (non-hydrogen) atoms. The first-order chi connectivity index (χ1) is 22.4. The Bertz CT molecular complexity index is 1700. The molecule has 3 heterocycles. The van der Waals surface area contributed by atoms with Gasteiger partial charge >= 0.3 is 5.97 Å². The number of benzene rings is 2. The highest BCUT2D eigenvalue weighted by Gasteiger charge is 2.55. The van der Waals surface area contributed by atoms with E-state index in [0.29, 0.717) is 17.1 Å². The topological polar surface area (TPSA) is 160 Å². The number of aromatic nitrogens is 1. The maximum atomic E-state index is 14.0. The first-order valence-corrected chi connectivity index (χ1v) is 16.9. The number of allylic oxidation sites excluding steroid dienone is 1. The lowest BCUT2D eigenvalue weighted by atomic mass is 10.0. The van der Waals surface area contributed by atoms with Gasteiger partial charge in [0.2, 0.25) is 0 Å². The summed E-state index contributed by atoms with van der Waals surface area (Å²) in [6, 6.07) is 19.7. The predicted molar refractivity (Wildman–Crippen MR) is 179 cm³/mol. The van der Waals surface area contributed by atoms with Crippen molar-refractivity contribution in [1.82, 2.24) is 15.2 Å². The highest BCUT2D eigenvalue weighted by atomic mass is 32.2. The number of esters is 1. The van der Waals surface area contributed by atoms with Crippen LogP contribution in [-0.4, -0.2) is 62.9 Å². The van der Waals surface area contributed by atoms with Crippen molar-refractivity contribution in [2.45, 2.75) is 17.5 Å². The number of carbonyl (C=O) groups excluding carboxylic acids is 3. The monoisotopic (exact) mass is 672 g/mol. The Balaban J connectivity index is 1.41. The molecule has 1 aromatic heterocycles. The number of amides is 2. The number of thioether (sulfide) groups is 2. The molecule has 2 aliphatic heterocycles. The number of nitrogens with one attached hydrogen (secondary N) is 1. The number of nitrogens with zero attached hydrogens (tertiary/aromatic N) is 4. The first kappa shape index (κ1) is 32.6. The Labute approximate surface area is 277 Å². The minimum absolute atomic E-state index is 0.0541. The standard InChI is InChI=1S/C32H28N6O5S3/c1-2-15-42-37-24(23-19-46-32(34)35-23)28(39)36-25-29(40)38-26(22(18-45-30(25)38)17-44-16-9-14-33)31(41)43-27(20-10-5-3-6-11-20)21-12-7-4-8-13-21/h2-13,16,19,25,27,30H,1,15,17-18H2,(H2,34,35)(H,36,39)/b16-9-,37-24?/t25?,30-/m1/s1. The predicted octanol–water partition coefficient (Wildman–Crippen LogP) is 4.39. The van der Waals surface area contributed by atoms with Crippen LogP contribution in [0.15, 0.2) is 107 Å². The fourth-order valence-electron chi connectivity index (χ4n) is 4.72. The zero-order chi connectivity index (χ0) is 32.5. The molecule has 0 bridgehead atoms. The average Bonchev–Trinajstić information content (AvgIpc) is 3.52. The molecule has 0 saturated carbocycles. The van der Waals surface area contributed by atoms with E-state index >= 15 is 0 Å². The minimum atomic E-state index is -0.951. The molecule has 0 spiro atoms. The number of β-lactam (4-membered cyclic amide) rings is 1. The van der Waals surface area contributed by atoms with Gasteiger partial charge in [-0.2, -0.15) is 5.26 Å². The van der Waals surface area contributed by atoms with Crippen LogP contribution in [0.2, 0.25) is 0 Å². The molecule has 2 aliphatic rings. The second kappa shape index (κ2) is 15.4. The second-order valence-electron chi connectivity index (χ2n) is 9.76. The van der Waals surface area contributed by atoms with Crippen LogP contribution >= 0.6 is 34.9 Å². The van der Waals surface area contributed by atoms with Crippen LogP contribution in [0.1, 0.15) is 22.9 Å².